The van der Waals surface area contributed by atoms with Crippen molar-refractivity contribution in [2.75, 3.05) is 33.5 Å². The number of carbonyl (C=O) groups is 1. The van der Waals surface area contributed by atoms with Gasteiger partial charge in [-0.25, -0.2) is 23.5 Å². The molecule has 11 heteroatoms. The molecule has 0 radical (unpaired) electrons. The van der Waals surface area contributed by atoms with Crippen LogP contribution in [-0.4, -0.2) is 65.0 Å². The van der Waals surface area contributed by atoms with E-state index in [9.17, 15) is 13.6 Å². The van der Waals surface area contributed by atoms with Gasteiger partial charge in [0.15, 0.2) is 0 Å². The molecule has 0 N–H and O–H groups in total. The number of methoxy groups -OCH3 is 1. The van der Waals surface area contributed by atoms with Crippen LogP contribution in [0.4, 0.5) is 8.78 Å². The fourth-order valence-electron chi connectivity index (χ4n) is 5.93. The second-order valence-corrected chi connectivity index (χ2v) is 11.1. The largest absolute Gasteiger partial charge is 0.473 e. The lowest BCUT2D eigenvalue weighted by molar-refractivity contribution is -0.0595. The third kappa shape index (κ3) is 6.14. The van der Waals surface area contributed by atoms with Crippen LogP contribution in [0.5, 0.6) is 5.88 Å². The van der Waals surface area contributed by atoms with Gasteiger partial charge >= 0.3 is 5.97 Å². The Balaban J connectivity index is 1.16. The van der Waals surface area contributed by atoms with Gasteiger partial charge in [0.25, 0.3) is 0 Å². The predicted molar refractivity (Wildman–Crippen MR) is 157 cm³/mol. The standard InChI is InChI=1S/C33H33F2N5O4/c1-42-33(41)23-7-8-28-29(16-23)40(19-25-11-14-43-25)32(38-28)30(17-34)39-12-9-22(10-13-39)27-3-2-4-31(37-27)44-20-24-6-5-21(18-36)15-26(24)35/h2-8,15-16,22,25,30H,9-14,17,19-20H2,1H3/t25-,30?/m0/s1. The van der Waals surface area contributed by atoms with E-state index in [0.29, 0.717) is 54.6 Å². The number of likely N-dealkylation sites (tertiary alicyclic amines) is 1. The molecule has 0 bridgehead atoms. The van der Waals surface area contributed by atoms with Crippen molar-refractivity contribution in [3.8, 4) is 11.9 Å². The van der Waals surface area contributed by atoms with E-state index in [2.05, 4.69) is 9.88 Å². The Bertz CT molecular complexity index is 1690. The Morgan fingerprint density at radius 3 is 2.64 bits per heavy atom. The van der Waals surface area contributed by atoms with Gasteiger partial charge in [-0.15, -0.1) is 0 Å². The van der Waals surface area contributed by atoms with Crippen LogP contribution < -0.4 is 4.74 Å². The van der Waals surface area contributed by atoms with Crippen molar-refractivity contribution in [3.05, 3.63) is 88.6 Å². The Morgan fingerprint density at radius 2 is 1.95 bits per heavy atom. The number of nitriles is 1. The summed E-state index contributed by atoms with van der Waals surface area (Å²) in [5.74, 6) is 0.254. The van der Waals surface area contributed by atoms with Crippen LogP contribution in [0.3, 0.4) is 0 Å². The summed E-state index contributed by atoms with van der Waals surface area (Å²) >= 11 is 0. The number of ether oxygens (including phenoxy) is 3. The number of halogens is 2. The first-order valence-electron chi connectivity index (χ1n) is 14.8. The molecule has 9 nitrogen and oxygen atoms in total. The SMILES string of the molecule is COC(=O)c1ccc2nc(C(CF)N3CCC(c4cccc(OCc5ccc(C#N)cc5F)n4)CC3)n(C[C@@H]3CCO3)c2c1. The molecule has 0 amide bonds. The van der Waals surface area contributed by atoms with Gasteiger partial charge in [-0.3, -0.25) is 4.90 Å². The minimum absolute atomic E-state index is 0.00135. The van der Waals surface area contributed by atoms with Crippen LogP contribution in [0.1, 0.15) is 64.2 Å². The molecule has 4 heterocycles. The van der Waals surface area contributed by atoms with E-state index < -0.39 is 24.5 Å². The number of benzene rings is 2. The molecule has 2 aliphatic heterocycles. The lowest BCUT2D eigenvalue weighted by atomic mass is 9.92. The Kier molecular flexibility index (Phi) is 8.82. The molecule has 2 aromatic carbocycles. The fourth-order valence-corrected chi connectivity index (χ4v) is 5.93. The molecule has 228 valence electrons. The Labute approximate surface area is 254 Å². The number of esters is 1. The summed E-state index contributed by atoms with van der Waals surface area (Å²) < 4.78 is 47.5. The average Bonchev–Trinajstić information content (AvgIpc) is 3.39. The Hall–Kier alpha value is -4.40. The van der Waals surface area contributed by atoms with Crippen molar-refractivity contribution in [3.63, 3.8) is 0 Å². The van der Waals surface area contributed by atoms with Crippen molar-refractivity contribution >= 4 is 17.0 Å². The van der Waals surface area contributed by atoms with Crippen LogP contribution >= 0.6 is 0 Å². The van der Waals surface area contributed by atoms with E-state index >= 15 is 0 Å². The number of aromatic nitrogens is 3. The quantitative estimate of drug-likeness (QED) is 0.220. The molecule has 6 rings (SSSR count). The normalized spacial score (nSPS) is 18.0. The number of carbonyl (C=O) groups excluding carboxylic acids is 1. The first kappa shape index (κ1) is 29.7. The number of fused-ring (bicyclic) bond motifs is 1. The third-order valence-electron chi connectivity index (χ3n) is 8.51. The van der Waals surface area contributed by atoms with Crippen LogP contribution in [0.25, 0.3) is 11.0 Å². The number of hydrogen-bond acceptors (Lipinski definition) is 8. The molecule has 2 aliphatic rings. The van der Waals surface area contributed by atoms with E-state index in [4.69, 9.17) is 24.5 Å². The minimum Gasteiger partial charge on any atom is -0.473 e. The molecule has 0 saturated carbocycles. The van der Waals surface area contributed by atoms with Gasteiger partial charge in [-0.1, -0.05) is 12.1 Å². The predicted octanol–water partition coefficient (Wildman–Crippen LogP) is 5.49. The molecular formula is C33H33F2N5O4. The second-order valence-electron chi connectivity index (χ2n) is 11.1. The number of nitrogens with zero attached hydrogens (tertiary/aromatic N) is 5. The van der Waals surface area contributed by atoms with Gasteiger partial charge in [0.05, 0.1) is 54.0 Å². The number of pyridine rings is 1. The summed E-state index contributed by atoms with van der Waals surface area (Å²) in [6, 6.07) is 16.4. The van der Waals surface area contributed by atoms with Gasteiger partial charge in [-0.05, 0) is 68.8 Å². The first-order chi connectivity index (χ1) is 21.5. The molecule has 4 aromatic rings. The summed E-state index contributed by atoms with van der Waals surface area (Å²) in [6.45, 7) is 1.94. The molecule has 2 fully saturated rings. The summed E-state index contributed by atoms with van der Waals surface area (Å²) in [6.07, 6.45) is 2.48. The Morgan fingerprint density at radius 1 is 1.14 bits per heavy atom. The van der Waals surface area contributed by atoms with Crippen molar-refractivity contribution in [1.82, 2.24) is 19.4 Å². The summed E-state index contributed by atoms with van der Waals surface area (Å²) in [5.41, 5.74) is 3.35. The van der Waals surface area contributed by atoms with Crippen molar-refractivity contribution in [2.24, 2.45) is 0 Å². The van der Waals surface area contributed by atoms with E-state index in [1.165, 1.54) is 13.2 Å². The van der Waals surface area contributed by atoms with Crippen LogP contribution in [0, 0.1) is 17.1 Å². The maximum atomic E-state index is 14.8. The van der Waals surface area contributed by atoms with Gasteiger partial charge in [0.1, 0.15) is 24.9 Å². The lowest BCUT2D eigenvalue weighted by Gasteiger charge is -2.36. The van der Waals surface area contributed by atoms with E-state index in [1.54, 1.807) is 36.4 Å². The van der Waals surface area contributed by atoms with Crippen LogP contribution in [0.2, 0.25) is 0 Å². The second kappa shape index (κ2) is 13.1. The maximum Gasteiger partial charge on any atom is 0.337 e. The van der Waals surface area contributed by atoms with Crippen molar-refractivity contribution in [2.45, 2.75) is 50.5 Å². The van der Waals surface area contributed by atoms with Gasteiger partial charge in [0.2, 0.25) is 5.88 Å². The summed E-state index contributed by atoms with van der Waals surface area (Å²) in [4.78, 5) is 23.9. The molecule has 1 unspecified atom stereocenters. The van der Waals surface area contributed by atoms with Crippen LogP contribution in [-0.2, 0) is 22.6 Å². The molecule has 2 saturated heterocycles. The number of piperidine rings is 1. The van der Waals surface area contributed by atoms with E-state index in [-0.39, 0.29) is 24.2 Å². The molecule has 44 heavy (non-hydrogen) atoms. The highest BCUT2D eigenvalue weighted by Gasteiger charge is 2.32. The van der Waals surface area contributed by atoms with Gasteiger partial charge < -0.3 is 18.8 Å². The lowest BCUT2D eigenvalue weighted by Crippen LogP contribution is -2.39. The highest BCUT2D eigenvalue weighted by atomic mass is 19.1. The molecule has 0 spiro atoms. The molecule has 2 atom stereocenters. The molecule has 2 aromatic heterocycles. The highest BCUT2D eigenvalue weighted by Crippen LogP contribution is 2.34. The number of rotatable bonds is 10. The summed E-state index contributed by atoms with van der Waals surface area (Å²) in [7, 11) is 1.34. The van der Waals surface area contributed by atoms with Crippen LogP contribution in [0.15, 0.2) is 54.6 Å². The maximum absolute atomic E-state index is 14.8. The van der Waals surface area contributed by atoms with Gasteiger partial charge in [-0.2, -0.15) is 5.26 Å². The summed E-state index contributed by atoms with van der Waals surface area (Å²) in [5, 5.41) is 8.95. The molecular weight excluding hydrogens is 568 g/mol. The smallest absolute Gasteiger partial charge is 0.337 e. The molecule has 0 aliphatic carbocycles. The van der Waals surface area contributed by atoms with Gasteiger partial charge in [0, 0.05) is 29.8 Å². The highest BCUT2D eigenvalue weighted by molar-refractivity contribution is 5.93. The fraction of sp³-hybridized carbons (Fsp3) is 0.394. The zero-order valence-electron chi connectivity index (χ0n) is 24.4. The van der Waals surface area contributed by atoms with E-state index in [0.717, 1.165) is 30.5 Å². The number of imidazole rings is 1. The third-order valence-corrected chi connectivity index (χ3v) is 8.51. The number of alkyl halides is 1. The number of hydrogen-bond donors (Lipinski definition) is 0. The van der Waals surface area contributed by atoms with E-state index in [1.807, 2.05) is 22.8 Å². The zero-order valence-corrected chi connectivity index (χ0v) is 24.4. The minimum atomic E-state index is -0.600. The van der Waals surface area contributed by atoms with Crippen molar-refractivity contribution < 1.29 is 27.8 Å². The average molecular weight is 602 g/mol. The van der Waals surface area contributed by atoms with Crippen molar-refractivity contribution in [1.29, 1.82) is 5.26 Å². The zero-order chi connectivity index (χ0) is 30.6. The topological polar surface area (TPSA) is 102 Å². The monoisotopic (exact) mass is 601 g/mol. The first-order valence-corrected chi connectivity index (χ1v) is 14.8.